The van der Waals surface area contributed by atoms with Crippen LogP contribution in [-0.4, -0.2) is 6.21 Å². The number of rotatable bonds is 5. The molecule has 0 heterocycles. The van der Waals surface area contributed by atoms with E-state index in [0.29, 0.717) is 5.92 Å². The van der Waals surface area contributed by atoms with Crippen LogP contribution in [0, 0.1) is 5.92 Å². The van der Waals surface area contributed by atoms with E-state index in [4.69, 9.17) is 0 Å². The van der Waals surface area contributed by atoms with Crippen LogP contribution in [-0.2, 0) is 0 Å². The van der Waals surface area contributed by atoms with Gasteiger partial charge in [0.25, 0.3) is 0 Å². The van der Waals surface area contributed by atoms with Crippen molar-refractivity contribution < 1.29 is 0 Å². The smallest absolute Gasteiger partial charge is 0.0630 e. The van der Waals surface area contributed by atoms with Crippen LogP contribution in [0.15, 0.2) is 95.6 Å². The second-order valence-electron chi connectivity index (χ2n) is 6.31. The Balaban J connectivity index is 1.69. The zero-order valence-corrected chi connectivity index (χ0v) is 14.8. The summed E-state index contributed by atoms with van der Waals surface area (Å²) in [5.74, 6) is 0.446. The Bertz CT molecular complexity index is 780. The molecular formula is C24H25N. The van der Waals surface area contributed by atoms with Crippen molar-refractivity contribution in [3.05, 3.63) is 96.2 Å². The minimum atomic E-state index is 0.446. The molecule has 0 amide bonds. The molecule has 126 valence electrons. The first-order chi connectivity index (χ1) is 12.4. The summed E-state index contributed by atoms with van der Waals surface area (Å²) in [6.45, 7) is 2.06. The van der Waals surface area contributed by atoms with Gasteiger partial charge in [-0.15, -0.1) is 0 Å². The predicted molar refractivity (Wildman–Crippen MR) is 110 cm³/mol. The number of hydrogen-bond acceptors (Lipinski definition) is 1. The van der Waals surface area contributed by atoms with Crippen molar-refractivity contribution in [2.24, 2.45) is 10.9 Å². The monoisotopic (exact) mass is 327 g/mol. The van der Waals surface area contributed by atoms with Crippen LogP contribution in [0.2, 0.25) is 0 Å². The van der Waals surface area contributed by atoms with Crippen molar-refractivity contribution in [1.29, 1.82) is 0 Å². The summed E-state index contributed by atoms with van der Waals surface area (Å²) in [6.07, 6.45) is 26.9. The van der Waals surface area contributed by atoms with E-state index in [1.807, 2.05) is 6.21 Å². The van der Waals surface area contributed by atoms with Gasteiger partial charge in [-0.1, -0.05) is 66.8 Å². The van der Waals surface area contributed by atoms with Crippen LogP contribution in [0.3, 0.4) is 0 Å². The molecule has 2 aliphatic rings. The van der Waals surface area contributed by atoms with Gasteiger partial charge in [-0.05, 0) is 61.1 Å². The van der Waals surface area contributed by atoms with Gasteiger partial charge in [0.15, 0.2) is 0 Å². The molecular weight excluding hydrogens is 302 g/mol. The maximum Gasteiger partial charge on any atom is 0.0630 e. The van der Waals surface area contributed by atoms with Gasteiger partial charge in [0.2, 0.25) is 0 Å². The van der Waals surface area contributed by atoms with Crippen molar-refractivity contribution in [2.75, 3.05) is 0 Å². The lowest BCUT2D eigenvalue weighted by Crippen LogP contribution is -2.00. The fourth-order valence-electron chi connectivity index (χ4n) is 3.14. The topological polar surface area (TPSA) is 12.4 Å². The first-order valence-electron chi connectivity index (χ1n) is 9.03. The Hall–Kier alpha value is -2.67. The number of aliphatic imine (C=N–C) groups is 1. The summed E-state index contributed by atoms with van der Waals surface area (Å²) in [6, 6.07) is 8.53. The van der Waals surface area contributed by atoms with Crippen molar-refractivity contribution >= 4 is 17.5 Å². The molecule has 0 saturated carbocycles. The average Bonchev–Trinajstić information content (AvgIpc) is 2.69. The van der Waals surface area contributed by atoms with E-state index in [1.165, 1.54) is 16.7 Å². The molecule has 0 fully saturated rings. The standard InChI is InChI=1S/C24H25N/c1-2-9-20(21-10-5-3-6-11-21)18-19-25-24-16-14-23(15-17-24)22-12-7-4-8-13-22/h2-7,9-10,12,14-19,21H,8,11,13H2,1H3/b9-2-,20-18+,25-19-. The number of nitrogens with zero attached hydrogens (tertiary/aromatic N) is 1. The second-order valence-corrected chi connectivity index (χ2v) is 6.31. The summed E-state index contributed by atoms with van der Waals surface area (Å²) in [7, 11) is 0. The third-order valence-corrected chi connectivity index (χ3v) is 4.51. The van der Waals surface area contributed by atoms with Gasteiger partial charge in [-0.2, -0.15) is 0 Å². The molecule has 0 N–H and O–H groups in total. The average molecular weight is 327 g/mol. The van der Waals surface area contributed by atoms with E-state index in [-0.39, 0.29) is 0 Å². The maximum atomic E-state index is 4.60. The molecule has 1 aromatic rings. The van der Waals surface area contributed by atoms with Gasteiger partial charge in [-0.25, -0.2) is 0 Å². The second kappa shape index (κ2) is 8.98. The highest BCUT2D eigenvalue weighted by atomic mass is 14.7. The molecule has 1 aromatic carbocycles. The first-order valence-corrected chi connectivity index (χ1v) is 9.03. The van der Waals surface area contributed by atoms with Crippen LogP contribution < -0.4 is 0 Å². The molecule has 1 heteroatoms. The van der Waals surface area contributed by atoms with Crippen molar-refractivity contribution in [3.8, 4) is 0 Å². The molecule has 0 bridgehead atoms. The van der Waals surface area contributed by atoms with Gasteiger partial charge in [0.05, 0.1) is 5.69 Å². The number of allylic oxidation sites excluding steroid dienone is 12. The van der Waals surface area contributed by atoms with Gasteiger partial charge < -0.3 is 0 Å². The largest absolute Gasteiger partial charge is 0.257 e. The van der Waals surface area contributed by atoms with Gasteiger partial charge >= 0.3 is 0 Å². The minimum Gasteiger partial charge on any atom is -0.257 e. The first kappa shape index (κ1) is 17.2. The summed E-state index contributed by atoms with van der Waals surface area (Å²) in [5, 5.41) is 0. The quantitative estimate of drug-likeness (QED) is 0.418. The lowest BCUT2D eigenvalue weighted by molar-refractivity contribution is 0.788. The van der Waals surface area contributed by atoms with Crippen LogP contribution in [0.1, 0.15) is 31.7 Å². The highest BCUT2D eigenvalue weighted by molar-refractivity contribution is 5.77. The Labute approximate surface area is 151 Å². The van der Waals surface area contributed by atoms with Crippen molar-refractivity contribution in [3.63, 3.8) is 0 Å². The molecule has 1 unspecified atom stereocenters. The number of hydrogen-bond donors (Lipinski definition) is 0. The molecule has 0 aromatic heterocycles. The number of benzene rings is 1. The van der Waals surface area contributed by atoms with E-state index in [0.717, 1.165) is 24.9 Å². The van der Waals surface area contributed by atoms with Gasteiger partial charge in [0, 0.05) is 12.1 Å². The van der Waals surface area contributed by atoms with E-state index >= 15 is 0 Å². The minimum absolute atomic E-state index is 0.446. The van der Waals surface area contributed by atoms with Crippen LogP contribution >= 0.6 is 0 Å². The molecule has 0 aliphatic heterocycles. The predicted octanol–water partition coefficient (Wildman–Crippen LogP) is 6.76. The lowest BCUT2D eigenvalue weighted by atomic mass is 9.92. The van der Waals surface area contributed by atoms with E-state index in [9.17, 15) is 0 Å². The van der Waals surface area contributed by atoms with Gasteiger partial charge in [0.1, 0.15) is 0 Å². The highest BCUT2D eigenvalue weighted by Gasteiger charge is 2.08. The normalized spacial score (nSPS) is 20.6. The Morgan fingerprint density at radius 1 is 1.08 bits per heavy atom. The van der Waals surface area contributed by atoms with Gasteiger partial charge in [-0.3, -0.25) is 4.99 Å². The molecule has 0 saturated heterocycles. The third kappa shape index (κ3) is 4.90. The SMILES string of the molecule is C\C=C/C(=C\C=N/c1ccc(C2=CC=CCC2)cc1)C1C=CC=CC1. The molecule has 2 aliphatic carbocycles. The summed E-state index contributed by atoms with van der Waals surface area (Å²) >= 11 is 0. The maximum absolute atomic E-state index is 4.60. The summed E-state index contributed by atoms with van der Waals surface area (Å²) in [5.41, 5.74) is 4.99. The third-order valence-electron chi connectivity index (χ3n) is 4.51. The van der Waals surface area contributed by atoms with Crippen molar-refractivity contribution in [1.82, 2.24) is 0 Å². The summed E-state index contributed by atoms with van der Waals surface area (Å²) < 4.78 is 0. The Kier molecular flexibility index (Phi) is 6.17. The summed E-state index contributed by atoms with van der Waals surface area (Å²) in [4.78, 5) is 4.60. The fourth-order valence-corrected chi connectivity index (χ4v) is 3.14. The molecule has 25 heavy (non-hydrogen) atoms. The van der Waals surface area contributed by atoms with Crippen molar-refractivity contribution in [2.45, 2.75) is 26.2 Å². The molecule has 0 radical (unpaired) electrons. The van der Waals surface area contributed by atoms with Crippen LogP contribution in [0.25, 0.3) is 5.57 Å². The van der Waals surface area contributed by atoms with E-state index < -0.39 is 0 Å². The van der Waals surface area contributed by atoms with E-state index in [1.54, 1.807) is 0 Å². The molecule has 0 spiro atoms. The zero-order valence-electron chi connectivity index (χ0n) is 14.8. The lowest BCUT2D eigenvalue weighted by Gasteiger charge is -2.13. The van der Waals surface area contributed by atoms with Crippen LogP contribution in [0.5, 0.6) is 0 Å². The Morgan fingerprint density at radius 3 is 2.64 bits per heavy atom. The van der Waals surface area contributed by atoms with E-state index in [2.05, 4.69) is 96.9 Å². The molecule has 1 atom stereocenters. The zero-order chi connectivity index (χ0) is 17.3. The fraction of sp³-hybridized carbons (Fsp3) is 0.208. The molecule has 3 rings (SSSR count). The highest BCUT2D eigenvalue weighted by Crippen LogP contribution is 2.25. The van der Waals surface area contributed by atoms with Crippen LogP contribution in [0.4, 0.5) is 5.69 Å². The Morgan fingerprint density at radius 2 is 1.96 bits per heavy atom. The molecule has 1 nitrogen and oxygen atoms in total.